The fraction of sp³-hybridized carbons (Fsp3) is 0.200. The van der Waals surface area contributed by atoms with Crippen LogP contribution >= 0.6 is 0 Å². The molecule has 0 saturated carbocycles. The van der Waals surface area contributed by atoms with E-state index in [4.69, 9.17) is 11.0 Å². The van der Waals surface area contributed by atoms with Crippen molar-refractivity contribution in [3.8, 4) is 6.07 Å². The van der Waals surface area contributed by atoms with Crippen molar-refractivity contribution in [3.63, 3.8) is 0 Å². The molecule has 88 valence electrons. The Hall–Kier alpha value is -2.62. The molecule has 0 radical (unpaired) electrons. The molecule has 0 aliphatic carbocycles. The number of carbonyl (C=O) groups is 1. The van der Waals surface area contributed by atoms with Crippen LogP contribution in [0.25, 0.3) is 0 Å². The first-order valence-electron chi connectivity index (χ1n) is 4.76. The number of nitriles is 1. The highest BCUT2D eigenvalue weighted by atomic mass is 16.6. The van der Waals surface area contributed by atoms with E-state index < -0.39 is 10.8 Å². The molecular weight excluding hydrogens is 224 g/mol. The van der Waals surface area contributed by atoms with Crippen molar-refractivity contribution >= 4 is 17.3 Å². The van der Waals surface area contributed by atoms with Crippen LogP contribution in [0.4, 0.5) is 11.4 Å². The zero-order chi connectivity index (χ0) is 12.8. The number of amides is 1. The maximum atomic E-state index is 10.8. The van der Waals surface area contributed by atoms with Gasteiger partial charge in [-0.15, -0.1) is 0 Å². The second kappa shape index (κ2) is 5.46. The van der Waals surface area contributed by atoms with Crippen LogP contribution in [-0.2, 0) is 4.79 Å². The highest BCUT2D eigenvalue weighted by Crippen LogP contribution is 2.27. The zero-order valence-electron chi connectivity index (χ0n) is 8.84. The van der Waals surface area contributed by atoms with E-state index in [-0.39, 0.29) is 29.9 Å². The molecule has 1 amide bonds. The van der Waals surface area contributed by atoms with Gasteiger partial charge in [0.15, 0.2) is 0 Å². The molecule has 17 heavy (non-hydrogen) atoms. The molecule has 7 nitrogen and oxygen atoms in total. The summed E-state index contributed by atoms with van der Waals surface area (Å²) in [5, 5.41) is 22.3. The number of nitro benzene ring substituents is 1. The molecule has 0 spiro atoms. The van der Waals surface area contributed by atoms with Crippen LogP contribution in [0.1, 0.15) is 12.0 Å². The molecule has 0 fully saturated rings. The quantitative estimate of drug-likeness (QED) is 0.575. The zero-order valence-corrected chi connectivity index (χ0v) is 8.84. The van der Waals surface area contributed by atoms with E-state index in [1.807, 2.05) is 0 Å². The molecule has 0 heterocycles. The SMILES string of the molecule is N#Cc1cccc(NCCC(N)=O)c1[N+](=O)[O-]. The topological polar surface area (TPSA) is 122 Å². The highest BCUT2D eigenvalue weighted by molar-refractivity contribution is 5.75. The van der Waals surface area contributed by atoms with E-state index in [1.165, 1.54) is 18.2 Å². The summed E-state index contributed by atoms with van der Waals surface area (Å²) in [6.45, 7) is 0.186. The molecule has 7 heteroatoms. The average molecular weight is 234 g/mol. The van der Waals surface area contributed by atoms with Gasteiger partial charge in [0.25, 0.3) is 0 Å². The van der Waals surface area contributed by atoms with Crippen molar-refractivity contribution in [1.82, 2.24) is 0 Å². The van der Waals surface area contributed by atoms with Gasteiger partial charge >= 0.3 is 5.69 Å². The maximum Gasteiger partial charge on any atom is 0.309 e. The Labute approximate surface area is 97.0 Å². The Balaban J connectivity index is 2.95. The molecule has 0 aliphatic rings. The van der Waals surface area contributed by atoms with Gasteiger partial charge in [-0.2, -0.15) is 5.26 Å². The van der Waals surface area contributed by atoms with Gasteiger partial charge in [0.05, 0.1) is 4.92 Å². The second-order valence-corrected chi connectivity index (χ2v) is 3.21. The summed E-state index contributed by atoms with van der Waals surface area (Å²) >= 11 is 0. The number of nitrogens with zero attached hydrogens (tertiary/aromatic N) is 2. The molecule has 0 atom stereocenters. The first-order chi connectivity index (χ1) is 8.06. The molecule has 0 bridgehead atoms. The average Bonchev–Trinajstić information content (AvgIpc) is 2.27. The lowest BCUT2D eigenvalue weighted by atomic mass is 10.1. The minimum Gasteiger partial charge on any atom is -0.379 e. The summed E-state index contributed by atoms with van der Waals surface area (Å²) in [5.41, 5.74) is 4.83. The minimum atomic E-state index is -0.634. The van der Waals surface area contributed by atoms with E-state index >= 15 is 0 Å². The molecule has 0 saturated heterocycles. The van der Waals surface area contributed by atoms with Gasteiger partial charge in [-0.1, -0.05) is 6.07 Å². The lowest BCUT2D eigenvalue weighted by molar-refractivity contribution is -0.384. The van der Waals surface area contributed by atoms with Crippen LogP contribution in [0.5, 0.6) is 0 Å². The largest absolute Gasteiger partial charge is 0.379 e. The van der Waals surface area contributed by atoms with Crippen molar-refractivity contribution < 1.29 is 9.72 Å². The third-order valence-electron chi connectivity index (χ3n) is 2.03. The van der Waals surface area contributed by atoms with Crippen LogP contribution in [-0.4, -0.2) is 17.4 Å². The highest BCUT2D eigenvalue weighted by Gasteiger charge is 2.18. The number of anilines is 1. The predicted molar refractivity (Wildman–Crippen MR) is 60.1 cm³/mol. The number of nitro groups is 1. The van der Waals surface area contributed by atoms with Crippen molar-refractivity contribution in [2.24, 2.45) is 5.73 Å². The molecule has 1 aromatic rings. The lowest BCUT2D eigenvalue weighted by Crippen LogP contribution is -2.16. The van der Waals surface area contributed by atoms with Gasteiger partial charge in [0.2, 0.25) is 5.91 Å². The van der Waals surface area contributed by atoms with Crippen molar-refractivity contribution in [2.45, 2.75) is 6.42 Å². The summed E-state index contributed by atoms with van der Waals surface area (Å²) in [5.74, 6) is -0.503. The summed E-state index contributed by atoms with van der Waals surface area (Å²) < 4.78 is 0. The van der Waals surface area contributed by atoms with Gasteiger partial charge in [0, 0.05) is 13.0 Å². The Bertz CT molecular complexity index is 493. The van der Waals surface area contributed by atoms with E-state index in [0.29, 0.717) is 0 Å². The molecule has 0 aliphatic heterocycles. The van der Waals surface area contributed by atoms with E-state index in [9.17, 15) is 14.9 Å². The minimum absolute atomic E-state index is 0.0286. The first kappa shape index (κ1) is 12.4. The molecule has 0 aromatic heterocycles. The number of hydrogen-bond acceptors (Lipinski definition) is 5. The Morgan fingerprint density at radius 2 is 2.29 bits per heavy atom. The van der Waals surface area contributed by atoms with Crippen LogP contribution < -0.4 is 11.1 Å². The fourth-order valence-corrected chi connectivity index (χ4v) is 1.29. The van der Waals surface area contributed by atoms with Crippen molar-refractivity contribution in [1.29, 1.82) is 5.26 Å². The molecule has 1 aromatic carbocycles. The van der Waals surface area contributed by atoms with Crippen LogP contribution in [0, 0.1) is 21.4 Å². The second-order valence-electron chi connectivity index (χ2n) is 3.21. The van der Waals surface area contributed by atoms with E-state index in [2.05, 4.69) is 5.32 Å². The molecule has 3 N–H and O–H groups in total. The van der Waals surface area contributed by atoms with Crippen LogP contribution in [0.2, 0.25) is 0 Å². The Morgan fingerprint density at radius 1 is 1.59 bits per heavy atom. The smallest absolute Gasteiger partial charge is 0.309 e. The number of rotatable bonds is 5. The number of nitrogens with two attached hydrogens (primary N) is 1. The van der Waals surface area contributed by atoms with Crippen LogP contribution in [0.15, 0.2) is 18.2 Å². The van der Waals surface area contributed by atoms with Gasteiger partial charge in [-0.3, -0.25) is 14.9 Å². The molecule has 1 rings (SSSR count). The maximum absolute atomic E-state index is 10.8. The fourth-order valence-electron chi connectivity index (χ4n) is 1.29. The predicted octanol–water partition coefficient (Wildman–Crippen LogP) is 0.754. The van der Waals surface area contributed by atoms with Gasteiger partial charge in [-0.05, 0) is 12.1 Å². The third-order valence-corrected chi connectivity index (χ3v) is 2.03. The number of carbonyl (C=O) groups excluding carboxylic acids is 1. The van der Waals surface area contributed by atoms with Gasteiger partial charge in [-0.25, -0.2) is 0 Å². The standard InChI is InChI=1S/C10H10N4O3/c11-6-7-2-1-3-8(10(7)14(16)17)13-5-4-9(12)15/h1-3,13H,4-5H2,(H2,12,15). The van der Waals surface area contributed by atoms with Crippen molar-refractivity contribution in [2.75, 3.05) is 11.9 Å². The first-order valence-corrected chi connectivity index (χ1v) is 4.76. The number of primary amides is 1. The van der Waals surface area contributed by atoms with Crippen molar-refractivity contribution in [3.05, 3.63) is 33.9 Å². The third kappa shape index (κ3) is 3.17. The number of nitrogens with one attached hydrogen (secondary N) is 1. The number of hydrogen-bond donors (Lipinski definition) is 2. The molecule has 0 unspecified atom stereocenters. The van der Waals surface area contributed by atoms with Gasteiger partial charge in [0.1, 0.15) is 17.3 Å². The summed E-state index contributed by atoms with van der Waals surface area (Å²) in [7, 11) is 0. The Kier molecular flexibility index (Phi) is 4.00. The summed E-state index contributed by atoms with van der Waals surface area (Å²) in [6.07, 6.45) is 0.0634. The number of benzene rings is 1. The summed E-state index contributed by atoms with van der Waals surface area (Å²) in [4.78, 5) is 20.7. The van der Waals surface area contributed by atoms with Crippen LogP contribution in [0.3, 0.4) is 0 Å². The number of para-hydroxylation sites is 1. The monoisotopic (exact) mass is 234 g/mol. The van der Waals surface area contributed by atoms with Gasteiger partial charge < -0.3 is 11.1 Å². The molecular formula is C10H10N4O3. The van der Waals surface area contributed by atoms with E-state index in [0.717, 1.165) is 0 Å². The lowest BCUT2D eigenvalue weighted by Gasteiger charge is -2.06. The Morgan fingerprint density at radius 3 is 2.82 bits per heavy atom. The normalized spacial score (nSPS) is 9.35. The van der Waals surface area contributed by atoms with E-state index in [1.54, 1.807) is 6.07 Å². The summed E-state index contributed by atoms with van der Waals surface area (Å²) in [6, 6.07) is 6.10.